The molecule has 1 atom stereocenters. The van der Waals surface area contributed by atoms with Crippen molar-refractivity contribution in [2.75, 3.05) is 11.9 Å². The molecule has 2 aromatic rings. The molecule has 0 aliphatic rings. The van der Waals surface area contributed by atoms with Crippen LogP contribution in [0.1, 0.15) is 39.5 Å². The van der Waals surface area contributed by atoms with Gasteiger partial charge < -0.3 is 5.32 Å². The van der Waals surface area contributed by atoms with Crippen molar-refractivity contribution in [3.05, 3.63) is 23.7 Å². The number of hydrogen-bond donors (Lipinski definition) is 1. The Morgan fingerprint density at radius 3 is 3.00 bits per heavy atom. The van der Waals surface area contributed by atoms with Crippen molar-refractivity contribution >= 4 is 27.2 Å². The van der Waals surface area contributed by atoms with Gasteiger partial charge in [0.2, 0.25) is 0 Å². The summed E-state index contributed by atoms with van der Waals surface area (Å²) in [6, 6.07) is 4.24. The van der Waals surface area contributed by atoms with E-state index in [2.05, 4.69) is 41.7 Å². The first-order chi connectivity index (χ1) is 8.85. The van der Waals surface area contributed by atoms with Gasteiger partial charge in [-0.05, 0) is 29.9 Å². The van der Waals surface area contributed by atoms with Crippen LogP contribution in [0.25, 0.3) is 10.1 Å². The van der Waals surface area contributed by atoms with Gasteiger partial charge in [-0.15, -0.1) is 11.3 Å². The summed E-state index contributed by atoms with van der Waals surface area (Å²) in [5, 5.41) is 6.92. The van der Waals surface area contributed by atoms with Crippen LogP contribution in [0.15, 0.2) is 23.7 Å². The van der Waals surface area contributed by atoms with Gasteiger partial charge in [-0.1, -0.05) is 33.1 Å². The molecule has 3 heteroatoms. The molecule has 2 rings (SSSR count). The average molecular weight is 262 g/mol. The molecule has 0 saturated heterocycles. The highest BCUT2D eigenvalue weighted by molar-refractivity contribution is 7.17. The van der Waals surface area contributed by atoms with Crippen LogP contribution in [0, 0.1) is 5.92 Å². The first-order valence-electron chi connectivity index (χ1n) is 6.91. The largest absolute Gasteiger partial charge is 0.369 e. The number of thiophene rings is 1. The quantitative estimate of drug-likeness (QED) is 0.765. The van der Waals surface area contributed by atoms with Gasteiger partial charge in [-0.25, -0.2) is 4.98 Å². The van der Waals surface area contributed by atoms with Crippen LogP contribution in [-0.4, -0.2) is 11.5 Å². The molecule has 0 saturated carbocycles. The van der Waals surface area contributed by atoms with Crippen molar-refractivity contribution in [2.45, 2.75) is 39.5 Å². The second-order valence-corrected chi connectivity index (χ2v) is 5.74. The summed E-state index contributed by atoms with van der Waals surface area (Å²) in [6.07, 6.45) is 7.07. The molecule has 1 N–H and O–H groups in total. The third-order valence-corrected chi connectivity index (χ3v) is 4.36. The maximum Gasteiger partial charge on any atom is 0.134 e. The second-order valence-electron chi connectivity index (χ2n) is 4.79. The van der Waals surface area contributed by atoms with Crippen LogP contribution in [0.5, 0.6) is 0 Å². The third-order valence-electron chi connectivity index (χ3n) is 3.48. The number of nitrogens with zero attached hydrogens (tertiary/aromatic N) is 1. The van der Waals surface area contributed by atoms with Crippen LogP contribution < -0.4 is 5.32 Å². The Kier molecular flexibility index (Phi) is 5.00. The number of anilines is 1. The van der Waals surface area contributed by atoms with E-state index in [1.54, 1.807) is 11.3 Å². The summed E-state index contributed by atoms with van der Waals surface area (Å²) in [5.41, 5.74) is 0. The number of hydrogen-bond acceptors (Lipinski definition) is 3. The smallest absolute Gasteiger partial charge is 0.134 e. The molecule has 0 radical (unpaired) electrons. The highest BCUT2D eigenvalue weighted by Gasteiger charge is 2.08. The zero-order chi connectivity index (χ0) is 12.8. The summed E-state index contributed by atoms with van der Waals surface area (Å²) >= 11 is 1.78. The van der Waals surface area contributed by atoms with Crippen molar-refractivity contribution in [2.24, 2.45) is 5.92 Å². The summed E-state index contributed by atoms with van der Waals surface area (Å²) in [5.74, 6) is 1.81. The topological polar surface area (TPSA) is 24.9 Å². The fraction of sp³-hybridized carbons (Fsp3) is 0.533. The van der Waals surface area contributed by atoms with E-state index in [1.165, 1.54) is 35.8 Å². The summed E-state index contributed by atoms with van der Waals surface area (Å²) in [4.78, 5) is 4.46. The van der Waals surface area contributed by atoms with Crippen molar-refractivity contribution < 1.29 is 0 Å². The first kappa shape index (κ1) is 13.3. The summed E-state index contributed by atoms with van der Waals surface area (Å²) < 4.78 is 1.31. The molecule has 98 valence electrons. The maximum absolute atomic E-state index is 4.46. The number of pyridine rings is 1. The van der Waals surface area contributed by atoms with E-state index >= 15 is 0 Å². The molecule has 2 nitrogen and oxygen atoms in total. The predicted octanol–water partition coefficient (Wildman–Crippen LogP) is 4.92. The molecule has 0 bridgehead atoms. The standard InChI is InChI=1S/C15H22N2S/c1-3-5-6-12(4-2)11-17-15-13-8-10-18-14(13)7-9-16-15/h7-10,12H,3-6,11H2,1-2H3,(H,16,17). The van der Waals surface area contributed by atoms with E-state index in [0.29, 0.717) is 0 Å². The maximum atomic E-state index is 4.46. The molecule has 2 heterocycles. The van der Waals surface area contributed by atoms with E-state index in [1.807, 2.05) is 6.20 Å². The molecule has 0 spiro atoms. The van der Waals surface area contributed by atoms with Gasteiger partial charge in [0.15, 0.2) is 0 Å². The summed E-state index contributed by atoms with van der Waals surface area (Å²) in [6.45, 7) is 5.58. The molecule has 2 aromatic heterocycles. The number of nitrogens with one attached hydrogen (secondary N) is 1. The highest BCUT2D eigenvalue weighted by atomic mass is 32.1. The lowest BCUT2D eigenvalue weighted by Gasteiger charge is -2.16. The van der Waals surface area contributed by atoms with E-state index in [0.717, 1.165) is 18.3 Å². The highest BCUT2D eigenvalue weighted by Crippen LogP contribution is 2.26. The normalized spacial score (nSPS) is 12.8. The van der Waals surface area contributed by atoms with Gasteiger partial charge in [0.1, 0.15) is 5.82 Å². The molecule has 0 aliphatic heterocycles. The van der Waals surface area contributed by atoms with Crippen LogP contribution in [0.4, 0.5) is 5.82 Å². The lowest BCUT2D eigenvalue weighted by Crippen LogP contribution is -2.14. The van der Waals surface area contributed by atoms with Crippen molar-refractivity contribution in [1.82, 2.24) is 4.98 Å². The lowest BCUT2D eigenvalue weighted by atomic mass is 9.99. The Morgan fingerprint density at radius 1 is 1.33 bits per heavy atom. The molecular formula is C15H22N2S. The second kappa shape index (κ2) is 6.74. The Bertz CT molecular complexity index is 478. The molecule has 0 aromatic carbocycles. The van der Waals surface area contributed by atoms with Gasteiger partial charge in [0, 0.05) is 22.8 Å². The van der Waals surface area contributed by atoms with E-state index < -0.39 is 0 Å². The number of fused-ring (bicyclic) bond motifs is 1. The molecule has 0 fully saturated rings. The van der Waals surface area contributed by atoms with E-state index in [-0.39, 0.29) is 0 Å². The lowest BCUT2D eigenvalue weighted by molar-refractivity contribution is 0.472. The zero-order valence-corrected chi connectivity index (χ0v) is 12.1. The van der Waals surface area contributed by atoms with Gasteiger partial charge in [0.05, 0.1) is 0 Å². The SMILES string of the molecule is CCCCC(CC)CNc1nccc2sccc12. The molecular weight excluding hydrogens is 240 g/mol. The number of rotatable bonds is 7. The van der Waals surface area contributed by atoms with Gasteiger partial charge >= 0.3 is 0 Å². The molecule has 18 heavy (non-hydrogen) atoms. The van der Waals surface area contributed by atoms with Crippen molar-refractivity contribution in [1.29, 1.82) is 0 Å². The van der Waals surface area contributed by atoms with Gasteiger partial charge in [-0.3, -0.25) is 0 Å². The molecule has 0 aliphatic carbocycles. The van der Waals surface area contributed by atoms with Crippen molar-refractivity contribution in [3.8, 4) is 0 Å². The molecule has 0 amide bonds. The zero-order valence-electron chi connectivity index (χ0n) is 11.3. The van der Waals surface area contributed by atoms with Gasteiger partial charge in [-0.2, -0.15) is 0 Å². The Morgan fingerprint density at radius 2 is 2.22 bits per heavy atom. The fourth-order valence-electron chi connectivity index (χ4n) is 2.22. The minimum absolute atomic E-state index is 0.764. The Labute approximate surface area is 113 Å². The average Bonchev–Trinajstić information content (AvgIpc) is 2.88. The van der Waals surface area contributed by atoms with Gasteiger partial charge in [0.25, 0.3) is 0 Å². The molecule has 1 unspecified atom stereocenters. The van der Waals surface area contributed by atoms with Crippen LogP contribution in [0.3, 0.4) is 0 Å². The fourth-order valence-corrected chi connectivity index (χ4v) is 3.00. The van der Waals surface area contributed by atoms with Crippen LogP contribution in [-0.2, 0) is 0 Å². The minimum Gasteiger partial charge on any atom is -0.369 e. The van der Waals surface area contributed by atoms with Crippen LogP contribution in [0.2, 0.25) is 0 Å². The summed E-state index contributed by atoms with van der Waals surface area (Å²) in [7, 11) is 0. The minimum atomic E-state index is 0.764. The van der Waals surface area contributed by atoms with Crippen LogP contribution >= 0.6 is 11.3 Å². The monoisotopic (exact) mass is 262 g/mol. The van der Waals surface area contributed by atoms with E-state index in [9.17, 15) is 0 Å². The third kappa shape index (κ3) is 3.22. The number of unbranched alkanes of at least 4 members (excludes halogenated alkanes) is 1. The van der Waals surface area contributed by atoms with E-state index in [4.69, 9.17) is 0 Å². The Balaban J connectivity index is 1.98. The van der Waals surface area contributed by atoms with Crippen molar-refractivity contribution in [3.63, 3.8) is 0 Å². The number of aromatic nitrogens is 1. The Hall–Kier alpha value is -1.09. The predicted molar refractivity (Wildman–Crippen MR) is 81.4 cm³/mol. The first-order valence-corrected chi connectivity index (χ1v) is 7.79.